The van der Waals surface area contributed by atoms with Crippen molar-refractivity contribution in [1.29, 1.82) is 0 Å². The Balaban J connectivity index is 0.00000308. The van der Waals surface area contributed by atoms with Crippen molar-refractivity contribution in [3.8, 4) is 28.1 Å². The van der Waals surface area contributed by atoms with Crippen LogP contribution in [0.5, 0.6) is 5.75 Å². The molecule has 192 valence electrons. The van der Waals surface area contributed by atoms with Gasteiger partial charge in [-0.25, -0.2) is 0 Å². The minimum Gasteiger partial charge on any atom is -0.519 e. The van der Waals surface area contributed by atoms with E-state index in [2.05, 4.69) is 48.8 Å². The molecule has 0 radical (unpaired) electrons. The molecule has 0 bridgehead atoms. The zero-order valence-electron chi connectivity index (χ0n) is 21.2. The second-order valence-electron chi connectivity index (χ2n) is 9.04. The number of rotatable bonds is 6. The molecule has 1 heterocycles. The number of aromatic nitrogens is 1. The van der Waals surface area contributed by atoms with Crippen molar-refractivity contribution in [2.75, 3.05) is 4.90 Å². The van der Waals surface area contributed by atoms with Crippen LogP contribution in [0.15, 0.2) is 133 Å². The number of allylic oxidation sites excluding steroid dienone is 1. The van der Waals surface area contributed by atoms with Crippen LogP contribution in [0.1, 0.15) is 23.7 Å². The average Bonchev–Trinajstić information content (AvgIpc) is 3.27. The fourth-order valence-electron chi connectivity index (χ4n) is 5.12. The summed E-state index contributed by atoms with van der Waals surface area (Å²) in [5.41, 5.74) is 6.48. The monoisotopic (exact) mass is 686 g/mol. The fourth-order valence-corrected chi connectivity index (χ4v) is 5.12. The van der Waals surface area contributed by atoms with Gasteiger partial charge < -0.3 is 15.0 Å². The first-order valence-corrected chi connectivity index (χ1v) is 12.5. The number of hydrogen-bond acceptors (Lipinski definition) is 3. The summed E-state index contributed by atoms with van der Waals surface area (Å²) < 4.78 is 0. The number of benzene rings is 4. The summed E-state index contributed by atoms with van der Waals surface area (Å²) >= 11 is 0. The first kappa shape index (κ1) is 26.3. The van der Waals surface area contributed by atoms with Gasteiger partial charge in [0.15, 0.2) is 0 Å². The number of aliphatic imine (C=N–C) groups is 1. The zero-order chi connectivity index (χ0) is 26.0. The second-order valence-corrected chi connectivity index (χ2v) is 9.04. The van der Waals surface area contributed by atoms with Crippen molar-refractivity contribution >= 4 is 12.0 Å². The number of para-hydroxylation sites is 2. The summed E-state index contributed by atoms with van der Waals surface area (Å²) in [4.78, 5) is 12.1. The SMILES string of the molecule is C/C=C\N([C-]=NC1(c2cccc(-c3[c-]cccc3)n2)c2ccccc2-c2ccccc21)c1ccccc1O.[Pt+2]. The average molecular weight is 687 g/mol. The molecule has 1 N–H and O–H groups in total. The number of aromatic hydroxyl groups is 1. The predicted molar refractivity (Wildman–Crippen MR) is 153 cm³/mol. The molecular formula is C34H25N3OPt. The van der Waals surface area contributed by atoms with Gasteiger partial charge in [0.2, 0.25) is 0 Å². The molecule has 4 aromatic carbocycles. The van der Waals surface area contributed by atoms with Gasteiger partial charge in [-0.1, -0.05) is 85.8 Å². The molecule has 0 atom stereocenters. The smallest absolute Gasteiger partial charge is 0.519 e. The van der Waals surface area contributed by atoms with Crippen molar-refractivity contribution in [3.63, 3.8) is 0 Å². The molecule has 0 unspecified atom stereocenters. The number of anilines is 1. The van der Waals surface area contributed by atoms with Crippen molar-refractivity contribution in [1.82, 2.24) is 4.98 Å². The van der Waals surface area contributed by atoms with Crippen LogP contribution in [-0.4, -0.2) is 16.4 Å². The van der Waals surface area contributed by atoms with Crippen LogP contribution < -0.4 is 4.90 Å². The molecule has 0 aliphatic heterocycles. The quantitative estimate of drug-likeness (QED) is 0.0874. The summed E-state index contributed by atoms with van der Waals surface area (Å²) in [6.45, 7) is 1.92. The van der Waals surface area contributed by atoms with Crippen LogP contribution in [0.2, 0.25) is 0 Å². The molecule has 0 saturated heterocycles. The molecular weight excluding hydrogens is 661 g/mol. The molecule has 4 nitrogen and oxygen atoms in total. The van der Waals surface area contributed by atoms with Crippen molar-refractivity contribution in [2.45, 2.75) is 12.5 Å². The van der Waals surface area contributed by atoms with Crippen molar-refractivity contribution in [2.24, 2.45) is 4.99 Å². The molecule has 5 aromatic rings. The van der Waals surface area contributed by atoms with Crippen molar-refractivity contribution < 1.29 is 26.2 Å². The number of fused-ring (bicyclic) bond motifs is 3. The summed E-state index contributed by atoms with van der Waals surface area (Å²) in [5, 5.41) is 10.6. The van der Waals surface area contributed by atoms with E-state index in [1.54, 1.807) is 17.0 Å². The Labute approximate surface area is 243 Å². The maximum atomic E-state index is 10.6. The van der Waals surface area contributed by atoms with Gasteiger partial charge in [-0.3, -0.25) is 4.98 Å². The fraction of sp³-hybridized carbons (Fsp3) is 0.0588. The normalized spacial score (nSPS) is 13.2. The number of nitrogens with zero attached hydrogens (tertiary/aromatic N) is 3. The van der Waals surface area contributed by atoms with Crippen LogP contribution in [0.25, 0.3) is 22.4 Å². The van der Waals surface area contributed by atoms with E-state index < -0.39 is 5.54 Å². The van der Waals surface area contributed by atoms with Gasteiger partial charge in [0, 0.05) is 6.34 Å². The topological polar surface area (TPSA) is 48.7 Å². The third-order valence-corrected chi connectivity index (χ3v) is 6.79. The molecule has 0 amide bonds. The van der Waals surface area contributed by atoms with Gasteiger partial charge in [-0.15, -0.1) is 48.2 Å². The van der Waals surface area contributed by atoms with E-state index in [1.807, 2.05) is 85.9 Å². The molecule has 0 saturated carbocycles. The summed E-state index contributed by atoms with van der Waals surface area (Å²) in [7, 11) is 0. The van der Waals surface area contributed by atoms with Gasteiger partial charge in [0.25, 0.3) is 0 Å². The minimum atomic E-state index is -0.942. The van der Waals surface area contributed by atoms with Gasteiger partial charge in [0.05, 0.1) is 11.4 Å². The molecule has 39 heavy (non-hydrogen) atoms. The van der Waals surface area contributed by atoms with Gasteiger partial charge in [0.1, 0.15) is 5.54 Å². The van der Waals surface area contributed by atoms with E-state index in [-0.39, 0.29) is 26.8 Å². The maximum Gasteiger partial charge on any atom is 2.00 e. The first-order valence-electron chi connectivity index (χ1n) is 12.5. The molecule has 6 rings (SSSR count). The van der Waals surface area contributed by atoms with Gasteiger partial charge in [-0.2, -0.15) is 0 Å². The third kappa shape index (κ3) is 4.62. The molecule has 0 spiro atoms. The van der Waals surface area contributed by atoms with E-state index in [0.29, 0.717) is 5.69 Å². The van der Waals surface area contributed by atoms with E-state index in [0.717, 1.165) is 39.2 Å². The van der Waals surface area contributed by atoms with E-state index in [1.165, 1.54) is 0 Å². The second kappa shape index (κ2) is 11.2. The van der Waals surface area contributed by atoms with E-state index in [4.69, 9.17) is 9.98 Å². The summed E-state index contributed by atoms with van der Waals surface area (Å²) in [6, 6.07) is 41.0. The largest absolute Gasteiger partial charge is 2.00 e. The molecule has 5 heteroatoms. The molecule has 1 aromatic heterocycles. The third-order valence-electron chi connectivity index (χ3n) is 6.79. The Kier molecular flexibility index (Phi) is 7.58. The number of hydrogen-bond donors (Lipinski definition) is 1. The maximum absolute atomic E-state index is 10.6. The number of phenolic OH excluding ortho intramolecular Hbond substituents is 1. The Hall–Kier alpha value is -4.27. The van der Waals surface area contributed by atoms with Gasteiger partial charge in [-0.05, 0) is 45.8 Å². The Morgan fingerprint density at radius 1 is 0.821 bits per heavy atom. The van der Waals surface area contributed by atoms with Crippen LogP contribution in [0.4, 0.5) is 5.69 Å². The van der Waals surface area contributed by atoms with E-state index in [9.17, 15) is 5.11 Å². The van der Waals surface area contributed by atoms with Crippen LogP contribution in [-0.2, 0) is 26.6 Å². The van der Waals surface area contributed by atoms with Crippen molar-refractivity contribution in [3.05, 3.63) is 150 Å². The Morgan fingerprint density at radius 3 is 2.15 bits per heavy atom. The number of phenols is 1. The number of pyridine rings is 1. The van der Waals surface area contributed by atoms with E-state index >= 15 is 0 Å². The minimum absolute atomic E-state index is 0. The Morgan fingerprint density at radius 2 is 1.49 bits per heavy atom. The predicted octanol–water partition coefficient (Wildman–Crippen LogP) is 7.47. The Bertz CT molecular complexity index is 1620. The summed E-state index contributed by atoms with van der Waals surface area (Å²) in [5.74, 6) is 0.148. The van der Waals surface area contributed by atoms with Crippen LogP contribution >= 0.6 is 0 Å². The van der Waals surface area contributed by atoms with Crippen LogP contribution in [0, 0.1) is 6.07 Å². The van der Waals surface area contributed by atoms with Crippen LogP contribution in [0.3, 0.4) is 0 Å². The molecule has 0 fully saturated rings. The zero-order valence-corrected chi connectivity index (χ0v) is 23.5. The standard InChI is InChI=1S/C34H25N3O.Pt/c1-2-23-37(31-20-10-11-21-32(31)38)24-35-34(33-22-12-19-30(36-33)25-13-4-3-5-14-25)28-17-8-6-15-26(28)27-16-7-9-18-29(27)34;/h2-13,15-23,38H,1H3;/q-2;+2/b23-2-;. The van der Waals surface area contributed by atoms with Gasteiger partial charge >= 0.3 is 21.1 Å². The molecule has 1 aliphatic carbocycles. The molecule has 1 aliphatic rings. The first-order chi connectivity index (χ1) is 18.7. The summed E-state index contributed by atoms with van der Waals surface area (Å²) in [6.07, 6.45) is 6.99.